The SMILES string of the molecule is CCN1Cc2cc(Cl)ccc2NCCC1=O. The van der Waals surface area contributed by atoms with Crippen LogP contribution in [0.5, 0.6) is 0 Å². The number of nitrogens with zero attached hydrogens (tertiary/aromatic N) is 1. The molecule has 86 valence electrons. The zero-order valence-corrected chi connectivity index (χ0v) is 10.0. The van der Waals surface area contributed by atoms with E-state index >= 15 is 0 Å². The average Bonchev–Trinajstić information content (AvgIpc) is 2.26. The minimum Gasteiger partial charge on any atom is -0.384 e. The smallest absolute Gasteiger partial charge is 0.224 e. The van der Waals surface area contributed by atoms with Crippen molar-refractivity contribution in [3.8, 4) is 0 Å². The Hall–Kier alpha value is -1.22. The number of fused-ring (bicyclic) bond motifs is 1. The number of carbonyl (C=O) groups excluding carboxylic acids is 1. The lowest BCUT2D eigenvalue weighted by molar-refractivity contribution is -0.131. The molecule has 16 heavy (non-hydrogen) atoms. The molecule has 0 aliphatic carbocycles. The normalized spacial score (nSPS) is 16.1. The van der Waals surface area contributed by atoms with E-state index in [4.69, 9.17) is 11.6 Å². The highest BCUT2D eigenvalue weighted by Crippen LogP contribution is 2.23. The lowest BCUT2D eigenvalue weighted by Crippen LogP contribution is -2.33. The van der Waals surface area contributed by atoms with Gasteiger partial charge in [-0.25, -0.2) is 0 Å². The number of rotatable bonds is 1. The molecule has 0 saturated carbocycles. The Balaban J connectivity index is 2.32. The zero-order valence-electron chi connectivity index (χ0n) is 9.29. The Labute approximate surface area is 100 Å². The summed E-state index contributed by atoms with van der Waals surface area (Å²) in [5.74, 6) is 0.195. The summed E-state index contributed by atoms with van der Waals surface area (Å²) in [5, 5.41) is 3.97. The van der Waals surface area contributed by atoms with E-state index in [0.29, 0.717) is 24.5 Å². The fourth-order valence-corrected chi connectivity index (χ4v) is 2.10. The minimum absolute atomic E-state index is 0.195. The highest BCUT2D eigenvalue weighted by molar-refractivity contribution is 6.30. The quantitative estimate of drug-likeness (QED) is 0.816. The molecule has 0 fully saturated rings. The summed E-state index contributed by atoms with van der Waals surface area (Å²) in [6, 6.07) is 5.76. The largest absolute Gasteiger partial charge is 0.384 e. The summed E-state index contributed by atoms with van der Waals surface area (Å²) < 4.78 is 0. The van der Waals surface area contributed by atoms with Crippen molar-refractivity contribution in [3.05, 3.63) is 28.8 Å². The average molecular weight is 239 g/mol. The standard InChI is InChI=1S/C12H15ClN2O/c1-2-15-8-9-7-10(13)3-4-11(9)14-6-5-12(15)16/h3-4,7,14H,2,5-6,8H2,1H3. The predicted molar refractivity (Wildman–Crippen MR) is 65.6 cm³/mol. The van der Waals surface area contributed by atoms with Gasteiger partial charge >= 0.3 is 0 Å². The zero-order chi connectivity index (χ0) is 11.5. The van der Waals surface area contributed by atoms with Crippen molar-refractivity contribution in [2.75, 3.05) is 18.4 Å². The molecule has 0 atom stereocenters. The highest BCUT2D eigenvalue weighted by Gasteiger charge is 2.16. The Morgan fingerprint density at radius 2 is 2.31 bits per heavy atom. The van der Waals surface area contributed by atoms with Crippen molar-refractivity contribution in [2.45, 2.75) is 19.9 Å². The number of nitrogens with one attached hydrogen (secondary N) is 1. The van der Waals surface area contributed by atoms with E-state index in [1.165, 1.54) is 0 Å². The van der Waals surface area contributed by atoms with Gasteiger partial charge in [0.05, 0.1) is 0 Å². The lowest BCUT2D eigenvalue weighted by atomic mass is 10.1. The molecule has 1 N–H and O–H groups in total. The van der Waals surface area contributed by atoms with Crippen LogP contribution >= 0.6 is 11.6 Å². The third-order valence-electron chi connectivity index (χ3n) is 2.82. The van der Waals surface area contributed by atoms with Crippen LogP contribution in [0.25, 0.3) is 0 Å². The molecule has 1 aromatic rings. The first kappa shape index (κ1) is 11.3. The Morgan fingerprint density at radius 3 is 3.06 bits per heavy atom. The van der Waals surface area contributed by atoms with Crippen molar-refractivity contribution in [3.63, 3.8) is 0 Å². The van der Waals surface area contributed by atoms with Gasteiger partial charge in [0.15, 0.2) is 0 Å². The molecule has 1 aromatic carbocycles. The molecule has 1 heterocycles. The first-order chi connectivity index (χ1) is 7.70. The van der Waals surface area contributed by atoms with Crippen molar-refractivity contribution in [1.29, 1.82) is 0 Å². The number of carbonyl (C=O) groups is 1. The van der Waals surface area contributed by atoms with Crippen LogP contribution in [0.2, 0.25) is 5.02 Å². The van der Waals surface area contributed by atoms with Gasteiger partial charge in [0.1, 0.15) is 0 Å². The minimum atomic E-state index is 0.195. The Morgan fingerprint density at radius 1 is 1.50 bits per heavy atom. The van der Waals surface area contributed by atoms with E-state index in [2.05, 4.69) is 5.32 Å². The van der Waals surface area contributed by atoms with Crippen LogP contribution < -0.4 is 5.32 Å². The number of halogens is 1. The molecule has 1 aliphatic rings. The molecule has 2 rings (SSSR count). The van der Waals surface area contributed by atoms with Crippen LogP contribution in [0.4, 0.5) is 5.69 Å². The van der Waals surface area contributed by atoms with E-state index in [9.17, 15) is 4.79 Å². The molecule has 0 aromatic heterocycles. The van der Waals surface area contributed by atoms with Crippen LogP contribution in [-0.2, 0) is 11.3 Å². The molecule has 0 unspecified atom stereocenters. The maximum absolute atomic E-state index is 11.7. The molecular weight excluding hydrogens is 224 g/mol. The second kappa shape index (κ2) is 4.74. The van der Waals surface area contributed by atoms with Gasteiger partial charge in [0, 0.05) is 36.8 Å². The predicted octanol–water partition coefficient (Wildman–Crippen LogP) is 2.50. The molecule has 0 radical (unpaired) electrons. The van der Waals surface area contributed by atoms with Gasteiger partial charge in [0.2, 0.25) is 5.91 Å². The molecule has 3 nitrogen and oxygen atoms in total. The number of amides is 1. The fourth-order valence-electron chi connectivity index (χ4n) is 1.91. The van der Waals surface area contributed by atoms with Crippen LogP contribution in [0, 0.1) is 0 Å². The van der Waals surface area contributed by atoms with Gasteiger partial charge in [-0.3, -0.25) is 4.79 Å². The first-order valence-electron chi connectivity index (χ1n) is 5.50. The molecular formula is C12H15ClN2O. The molecule has 0 saturated heterocycles. The van der Waals surface area contributed by atoms with Gasteiger partial charge < -0.3 is 10.2 Å². The van der Waals surface area contributed by atoms with Crippen LogP contribution in [0.1, 0.15) is 18.9 Å². The van der Waals surface area contributed by atoms with Crippen molar-refractivity contribution in [2.24, 2.45) is 0 Å². The van der Waals surface area contributed by atoms with Crippen molar-refractivity contribution in [1.82, 2.24) is 4.90 Å². The number of anilines is 1. The summed E-state index contributed by atoms with van der Waals surface area (Å²) in [7, 11) is 0. The molecule has 1 aliphatic heterocycles. The second-order valence-corrected chi connectivity index (χ2v) is 4.32. The summed E-state index contributed by atoms with van der Waals surface area (Å²) >= 11 is 5.97. The van der Waals surface area contributed by atoms with E-state index in [1.807, 2.05) is 30.0 Å². The molecule has 0 bridgehead atoms. The monoisotopic (exact) mass is 238 g/mol. The van der Waals surface area contributed by atoms with Crippen LogP contribution in [-0.4, -0.2) is 23.9 Å². The van der Waals surface area contributed by atoms with Gasteiger partial charge in [-0.1, -0.05) is 11.6 Å². The summed E-state index contributed by atoms with van der Waals surface area (Å²) in [5.41, 5.74) is 2.16. The summed E-state index contributed by atoms with van der Waals surface area (Å²) in [6.07, 6.45) is 0.551. The van der Waals surface area contributed by atoms with Gasteiger partial charge in [-0.05, 0) is 30.7 Å². The maximum atomic E-state index is 11.7. The van der Waals surface area contributed by atoms with E-state index < -0.39 is 0 Å². The van der Waals surface area contributed by atoms with Gasteiger partial charge in [-0.15, -0.1) is 0 Å². The van der Waals surface area contributed by atoms with Gasteiger partial charge in [-0.2, -0.15) is 0 Å². The molecule has 1 amide bonds. The third kappa shape index (κ3) is 2.30. The summed E-state index contributed by atoms with van der Waals surface area (Å²) in [6.45, 7) is 4.06. The fraction of sp³-hybridized carbons (Fsp3) is 0.417. The van der Waals surface area contributed by atoms with E-state index in [-0.39, 0.29) is 5.91 Å². The summed E-state index contributed by atoms with van der Waals surface area (Å²) in [4.78, 5) is 13.6. The van der Waals surface area contributed by atoms with Crippen molar-refractivity contribution >= 4 is 23.2 Å². The highest BCUT2D eigenvalue weighted by atomic mass is 35.5. The van der Waals surface area contributed by atoms with Crippen molar-refractivity contribution < 1.29 is 4.79 Å². The van der Waals surface area contributed by atoms with Crippen LogP contribution in [0.15, 0.2) is 18.2 Å². The number of hydrogen-bond acceptors (Lipinski definition) is 2. The molecule has 4 heteroatoms. The van der Waals surface area contributed by atoms with Crippen LogP contribution in [0.3, 0.4) is 0 Å². The Bertz CT molecular complexity index is 406. The number of benzene rings is 1. The van der Waals surface area contributed by atoms with E-state index in [1.54, 1.807) is 0 Å². The lowest BCUT2D eigenvalue weighted by Gasteiger charge is -2.26. The number of hydrogen-bond donors (Lipinski definition) is 1. The topological polar surface area (TPSA) is 32.3 Å². The van der Waals surface area contributed by atoms with Gasteiger partial charge in [0.25, 0.3) is 0 Å². The molecule has 0 spiro atoms. The Kier molecular flexibility index (Phi) is 3.34. The first-order valence-corrected chi connectivity index (χ1v) is 5.88. The van der Waals surface area contributed by atoms with E-state index in [0.717, 1.165) is 17.8 Å². The second-order valence-electron chi connectivity index (χ2n) is 3.89. The maximum Gasteiger partial charge on any atom is 0.224 e. The third-order valence-corrected chi connectivity index (χ3v) is 3.05.